The Kier molecular flexibility index (Phi) is 5.49. The number of urea groups is 1. The first-order valence-electron chi connectivity index (χ1n) is 8.58. The minimum atomic E-state index is -4.66. The van der Waals surface area contributed by atoms with Gasteiger partial charge in [0.05, 0.1) is 24.4 Å². The minimum Gasteiger partial charge on any atom is -0.495 e. The molecule has 1 saturated heterocycles. The maximum Gasteiger partial charge on any atom is 0.416 e. The highest BCUT2D eigenvalue weighted by Crippen LogP contribution is 2.39. The molecule has 9 heteroatoms. The number of rotatable bonds is 4. The van der Waals surface area contributed by atoms with Gasteiger partial charge in [-0.05, 0) is 23.8 Å². The van der Waals surface area contributed by atoms with Crippen LogP contribution in [0, 0.1) is 5.92 Å². The second-order valence-corrected chi connectivity index (χ2v) is 6.35. The number of hydrogen-bond donors (Lipinski definition) is 3. The van der Waals surface area contributed by atoms with Crippen LogP contribution in [0.5, 0.6) is 5.75 Å². The third kappa shape index (κ3) is 4.18. The summed E-state index contributed by atoms with van der Waals surface area (Å²) in [4.78, 5) is 24.9. The standard InChI is InChI=1S/C20H18F3N3O3/c1-11-16(18(27)25-14-9-5-6-10-15(14)29-2)17(26-19(28)24-11)12-7-3-4-8-13(12)20(21,22)23/h3-10,16-17H,1H2,2H3,(H,25,27)(H2,24,26,28)/t16-,17+/m0/s1. The lowest BCUT2D eigenvalue weighted by Crippen LogP contribution is -2.52. The van der Waals surface area contributed by atoms with Crippen molar-refractivity contribution in [2.75, 3.05) is 12.4 Å². The normalized spacial score (nSPS) is 19.2. The number of hydrogen-bond acceptors (Lipinski definition) is 3. The highest BCUT2D eigenvalue weighted by atomic mass is 19.4. The zero-order chi connectivity index (χ0) is 21.2. The molecule has 2 aromatic rings. The lowest BCUT2D eigenvalue weighted by Gasteiger charge is -2.35. The van der Waals surface area contributed by atoms with Crippen molar-refractivity contribution >= 4 is 17.6 Å². The third-order valence-corrected chi connectivity index (χ3v) is 4.52. The molecule has 3 amide bonds. The van der Waals surface area contributed by atoms with Gasteiger partial charge >= 0.3 is 12.2 Å². The van der Waals surface area contributed by atoms with Gasteiger partial charge in [0.25, 0.3) is 0 Å². The van der Waals surface area contributed by atoms with Crippen LogP contribution in [0.25, 0.3) is 0 Å². The van der Waals surface area contributed by atoms with Gasteiger partial charge in [-0.15, -0.1) is 0 Å². The van der Waals surface area contributed by atoms with Crippen LogP contribution in [0.1, 0.15) is 17.2 Å². The van der Waals surface area contributed by atoms with Crippen molar-refractivity contribution in [1.29, 1.82) is 0 Å². The Bertz CT molecular complexity index is 959. The molecular formula is C20H18F3N3O3. The van der Waals surface area contributed by atoms with Gasteiger partial charge < -0.3 is 20.7 Å². The van der Waals surface area contributed by atoms with E-state index < -0.39 is 35.6 Å². The summed E-state index contributed by atoms with van der Waals surface area (Å²) in [6.07, 6.45) is -4.66. The molecule has 3 rings (SSSR count). The van der Waals surface area contributed by atoms with Crippen molar-refractivity contribution in [3.8, 4) is 5.75 Å². The van der Waals surface area contributed by atoms with Crippen molar-refractivity contribution in [3.05, 3.63) is 71.9 Å². The monoisotopic (exact) mass is 405 g/mol. The number of halogens is 3. The van der Waals surface area contributed by atoms with Gasteiger partial charge in [-0.3, -0.25) is 4.79 Å². The first-order chi connectivity index (χ1) is 13.7. The lowest BCUT2D eigenvalue weighted by molar-refractivity contribution is -0.139. The first-order valence-corrected chi connectivity index (χ1v) is 8.58. The van der Waals surface area contributed by atoms with Gasteiger partial charge in [-0.2, -0.15) is 13.2 Å². The number of amides is 3. The number of nitrogens with one attached hydrogen (secondary N) is 3. The summed E-state index contributed by atoms with van der Waals surface area (Å²) in [7, 11) is 1.43. The number of methoxy groups -OCH3 is 1. The Balaban J connectivity index is 2.00. The van der Waals surface area contributed by atoms with Gasteiger partial charge in [-0.25, -0.2) is 4.79 Å². The van der Waals surface area contributed by atoms with E-state index in [1.165, 1.54) is 25.3 Å². The molecule has 0 radical (unpaired) electrons. The Morgan fingerprint density at radius 2 is 1.79 bits per heavy atom. The Morgan fingerprint density at radius 1 is 1.14 bits per heavy atom. The number of anilines is 1. The second-order valence-electron chi connectivity index (χ2n) is 6.35. The van der Waals surface area contributed by atoms with E-state index in [4.69, 9.17) is 4.74 Å². The van der Waals surface area contributed by atoms with Crippen LogP contribution in [-0.2, 0) is 11.0 Å². The van der Waals surface area contributed by atoms with E-state index in [-0.39, 0.29) is 11.3 Å². The molecule has 29 heavy (non-hydrogen) atoms. The first kappa shape index (κ1) is 20.2. The van der Waals surface area contributed by atoms with E-state index >= 15 is 0 Å². The minimum absolute atomic E-state index is 0.0110. The van der Waals surface area contributed by atoms with Crippen LogP contribution in [-0.4, -0.2) is 19.0 Å². The van der Waals surface area contributed by atoms with Gasteiger partial charge in [0.1, 0.15) is 11.7 Å². The van der Waals surface area contributed by atoms with Gasteiger partial charge in [-0.1, -0.05) is 36.9 Å². The SMILES string of the molecule is C=C1NC(=O)N[C@H](c2ccccc2C(F)(F)F)[C@H]1C(=O)Nc1ccccc1OC. The molecule has 3 N–H and O–H groups in total. The van der Waals surface area contributed by atoms with E-state index in [1.54, 1.807) is 24.3 Å². The second kappa shape index (κ2) is 7.86. The number of benzene rings is 2. The summed E-state index contributed by atoms with van der Waals surface area (Å²) in [5.41, 5.74) is -0.832. The Morgan fingerprint density at radius 3 is 2.48 bits per heavy atom. The molecule has 0 bridgehead atoms. The fourth-order valence-corrected chi connectivity index (χ4v) is 3.24. The molecule has 2 atom stereocenters. The van der Waals surface area contributed by atoms with Gasteiger partial charge in [0.2, 0.25) is 5.91 Å². The molecule has 1 fully saturated rings. The highest BCUT2D eigenvalue weighted by Gasteiger charge is 2.43. The number of alkyl halides is 3. The molecular weight excluding hydrogens is 387 g/mol. The highest BCUT2D eigenvalue weighted by molar-refractivity contribution is 5.98. The summed E-state index contributed by atoms with van der Waals surface area (Å²) in [5, 5.41) is 7.42. The molecule has 6 nitrogen and oxygen atoms in total. The average Bonchev–Trinajstić information content (AvgIpc) is 2.67. The van der Waals surface area contributed by atoms with Crippen molar-refractivity contribution in [2.24, 2.45) is 5.92 Å². The number of para-hydroxylation sites is 2. The predicted octanol–water partition coefficient (Wildman–Crippen LogP) is 3.84. The van der Waals surface area contributed by atoms with E-state index in [9.17, 15) is 22.8 Å². The average molecular weight is 405 g/mol. The molecule has 2 aromatic carbocycles. The van der Waals surface area contributed by atoms with Crippen molar-refractivity contribution in [2.45, 2.75) is 12.2 Å². The predicted molar refractivity (Wildman–Crippen MR) is 100 cm³/mol. The van der Waals surface area contributed by atoms with Gasteiger partial charge in [0, 0.05) is 5.70 Å². The van der Waals surface area contributed by atoms with E-state index in [0.717, 1.165) is 6.07 Å². The topological polar surface area (TPSA) is 79.5 Å². The van der Waals surface area contributed by atoms with E-state index in [1.807, 2.05) is 0 Å². The molecule has 0 aromatic heterocycles. The molecule has 152 valence electrons. The summed E-state index contributed by atoms with van der Waals surface area (Å²) in [6.45, 7) is 3.67. The van der Waals surface area contributed by atoms with Crippen LogP contribution in [0.2, 0.25) is 0 Å². The van der Waals surface area contributed by atoms with Crippen molar-refractivity contribution in [1.82, 2.24) is 10.6 Å². The lowest BCUT2D eigenvalue weighted by atomic mass is 9.85. The van der Waals surface area contributed by atoms with Crippen LogP contribution < -0.4 is 20.7 Å². The van der Waals surface area contributed by atoms with Crippen LogP contribution in [0.3, 0.4) is 0 Å². The summed E-state index contributed by atoms with van der Waals surface area (Å²) >= 11 is 0. The van der Waals surface area contributed by atoms with Crippen LogP contribution in [0.4, 0.5) is 23.7 Å². The van der Waals surface area contributed by atoms with Crippen LogP contribution in [0.15, 0.2) is 60.8 Å². The number of ether oxygens (including phenoxy) is 1. The number of carbonyl (C=O) groups excluding carboxylic acids is 2. The Hall–Kier alpha value is -3.49. The van der Waals surface area contributed by atoms with Crippen molar-refractivity contribution < 1.29 is 27.5 Å². The molecule has 0 aliphatic carbocycles. The fraction of sp³-hybridized carbons (Fsp3) is 0.200. The Labute approximate surface area is 164 Å². The molecule has 0 unspecified atom stereocenters. The van der Waals surface area contributed by atoms with E-state index in [2.05, 4.69) is 22.5 Å². The molecule has 0 saturated carbocycles. The molecule has 1 aliphatic rings. The van der Waals surface area contributed by atoms with Crippen molar-refractivity contribution in [3.63, 3.8) is 0 Å². The smallest absolute Gasteiger partial charge is 0.416 e. The molecule has 1 aliphatic heterocycles. The maximum atomic E-state index is 13.5. The number of carbonyl (C=O) groups is 2. The zero-order valence-electron chi connectivity index (χ0n) is 15.3. The fourth-order valence-electron chi connectivity index (χ4n) is 3.24. The molecule has 0 spiro atoms. The quantitative estimate of drug-likeness (QED) is 0.723. The largest absolute Gasteiger partial charge is 0.495 e. The third-order valence-electron chi connectivity index (χ3n) is 4.52. The van der Waals surface area contributed by atoms with Crippen LogP contribution >= 0.6 is 0 Å². The summed E-state index contributed by atoms with van der Waals surface area (Å²) < 4.78 is 45.7. The summed E-state index contributed by atoms with van der Waals surface area (Å²) in [6, 6.07) is 9.39. The van der Waals surface area contributed by atoms with Gasteiger partial charge in [0.15, 0.2) is 0 Å². The zero-order valence-corrected chi connectivity index (χ0v) is 15.3. The summed E-state index contributed by atoms with van der Waals surface area (Å²) in [5.74, 6) is -1.46. The van der Waals surface area contributed by atoms with E-state index in [0.29, 0.717) is 11.4 Å². The molecule has 1 heterocycles. The maximum absolute atomic E-state index is 13.5.